The summed E-state index contributed by atoms with van der Waals surface area (Å²) in [6.07, 6.45) is 0. The Morgan fingerprint density at radius 1 is 0.548 bits per heavy atom. The van der Waals surface area contributed by atoms with Gasteiger partial charge in [-0.1, -0.05) is 103 Å². The van der Waals surface area contributed by atoms with Crippen LogP contribution in [0, 0.1) is 0 Å². The maximum atomic E-state index is 14.2. The molecule has 2 aromatic heterocycles. The van der Waals surface area contributed by atoms with E-state index in [9.17, 15) is 4.79 Å². The molecule has 0 fully saturated rings. The van der Waals surface area contributed by atoms with Crippen LogP contribution in [-0.2, 0) is 0 Å². The topological polar surface area (TPSA) is 34.4 Å². The zero-order chi connectivity index (χ0) is 27.9. The minimum atomic E-state index is -0.0312. The molecule has 0 saturated carbocycles. The van der Waals surface area contributed by atoms with Crippen LogP contribution in [0.15, 0.2) is 132 Å². The molecule has 2 heterocycles. The summed E-state index contributed by atoms with van der Waals surface area (Å²) in [7, 11) is 2.10. The lowest BCUT2D eigenvalue weighted by molar-refractivity contribution is 1.19. The molecular weight excluding hydrogens is 511 g/mol. The summed E-state index contributed by atoms with van der Waals surface area (Å²) in [6.45, 7) is 0. The maximum Gasteiger partial charge on any atom is 0.264 e. The molecule has 3 nitrogen and oxygen atoms in total. The minimum Gasteiger partial charge on any atom is -0.268 e. The summed E-state index contributed by atoms with van der Waals surface area (Å²) >= 11 is 0. The smallest absolute Gasteiger partial charge is 0.264 e. The fourth-order valence-corrected chi connectivity index (χ4v) is 6.71. The number of hydrogen-bond donors (Lipinski definition) is 0. The Balaban J connectivity index is 1.44. The zero-order valence-corrected chi connectivity index (χ0v) is 22.9. The number of aromatic nitrogens is 2. The van der Waals surface area contributed by atoms with Crippen molar-refractivity contribution >= 4 is 73.1 Å². The lowest BCUT2D eigenvalue weighted by atomic mass is 9.88. The van der Waals surface area contributed by atoms with E-state index in [1.165, 1.54) is 21.5 Å². The zero-order valence-electron chi connectivity index (χ0n) is 22.9. The molecule has 4 heteroatoms. The average Bonchev–Trinajstić information content (AvgIpc) is 3.43. The molecule has 0 aliphatic rings. The second-order valence-corrected chi connectivity index (χ2v) is 11.2. The van der Waals surface area contributed by atoms with Gasteiger partial charge < -0.3 is 0 Å². The van der Waals surface area contributed by atoms with E-state index in [1.54, 1.807) is 0 Å². The lowest BCUT2D eigenvalue weighted by Gasteiger charge is -2.11. The third kappa shape index (κ3) is 3.23. The standard InChI is InChI=1S/C38H23BN2O/c39-33-17-16-30-35-29(33)10-5-11-31(35)38(42)41-34-21-28(26-14-12-22-6-1-3-8-24(22)18-26)20-32(36(34)40-37(30)41)27-15-13-23-7-2-4-9-25(23)19-27/h1-21H,39H2. The summed E-state index contributed by atoms with van der Waals surface area (Å²) in [4.78, 5) is 19.5. The van der Waals surface area contributed by atoms with Gasteiger partial charge in [0, 0.05) is 21.7 Å². The number of nitrogens with zero attached hydrogens (tertiary/aromatic N) is 2. The van der Waals surface area contributed by atoms with E-state index in [4.69, 9.17) is 4.98 Å². The molecule has 7 aromatic carbocycles. The Morgan fingerprint density at radius 2 is 1.21 bits per heavy atom. The molecule has 0 N–H and O–H groups in total. The Bertz CT molecular complexity index is 2620. The molecule has 0 bridgehead atoms. The van der Waals surface area contributed by atoms with Crippen molar-refractivity contribution in [2.75, 3.05) is 0 Å². The van der Waals surface area contributed by atoms with Gasteiger partial charge in [-0.2, -0.15) is 0 Å². The quantitative estimate of drug-likeness (QED) is 0.216. The van der Waals surface area contributed by atoms with Crippen molar-refractivity contribution in [1.82, 2.24) is 9.38 Å². The second kappa shape index (κ2) is 8.51. The first-order valence-corrected chi connectivity index (χ1v) is 14.3. The van der Waals surface area contributed by atoms with Crippen LogP contribution in [0.4, 0.5) is 0 Å². The Labute approximate surface area is 242 Å². The van der Waals surface area contributed by atoms with E-state index in [0.29, 0.717) is 5.65 Å². The average molecular weight is 534 g/mol. The lowest BCUT2D eigenvalue weighted by Crippen LogP contribution is -2.15. The normalized spacial score (nSPS) is 12.0. The van der Waals surface area contributed by atoms with Crippen molar-refractivity contribution in [3.63, 3.8) is 0 Å². The summed E-state index contributed by atoms with van der Waals surface area (Å²) in [5, 5.41) is 8.57. The molecule has 0 aliphatic heterocycles. The van der Waals surface area contributed by atoms with E-state index < -0.39 is 0 Å². The van der Waals surface area contributed by atoms with Gasteiger partial charge >= 0.3 is 0 Å². The Hall–Kier alpha value is -5.48. The van der Waals surface area contributed by atoms with Crippen LogP contribution >= 0.6 is 0 Å². The summed E-state index contributed by atoms with van der Waals surface area (Å²) < 4.78 is 1.83. The van der Waals surface area contributed by atoms with Crippen LogP contribution in [0.2, 0.25) is 0 Å². The molecule has 0 saturated heterocycles. The van der Waals surface area contributed by atoms with Crippen LogP contribution in [0.3, 0.4) is 0 Å². The predicted molar refractivity (Wildman–Crippen MR) is 179 cm³/mol. The van der Waals surface area contributed by atoms with Gasteiger partial charge in [0.1, 0.15) is 13.5 Å². The number of fused-ring (bicyclic) bond motifs is 6. The minimum absolute atomic E-state index is 0.0312. The van der Waals surface area contributed by atoms with Gasteiger partial charge in [-0.05, 0) is 74.0 Å². The Morgan fingerprint density at radius 3 is 1.98 bits per heavy atom. The SMILES string of the molecule is Bc1ccc2c3c1cccc3c(=O)n1c3cc(-c4ccc5ccccc5c4)cc(-c4ccc5ccccc5c4)c3nc21. The largest absolute Gasteiger partial charge is 0.268 e. The summed E-state index contributed by atoms with van der Waals surface area (Å²) in [6, 6.07) is 44.6. The van der Waals surface area contributed by atoms with Crippen molar-refractivity contribution in [1.29, 1.82) is 0 Å². The van der Waals surface area contributed by atoms with Gasteiger partial charge in [-0.15, -0.1) is 0 Å². The highest BCUT2D eigenvalue weighted by molar-refractivity contribution is 6.41. The maximum absolute atomic E-state index is 14.2. The molecule has 0 amide bonds. The van der Waals surface area contributed by atoms with Crippen LogP contribution in [0.5, 0.6) is 0 Å². The molecule has 9 rings (SSSR count). The highest BCUT2D eigenvalue weighted by atomic mass is 16.1. The van der Waals surface area contributed by atoms with Gasteiger partial charge in [0.15, 0.2) is 0 Å². The summed E-state index contributed by atoms with van der Waals surface area (Å²) in [5.41, 5.74) is 7.75. The fraction of sp³-hybridized carbons (Fsp3) is 0. The fourth-order valence-electron chi connectivity index (χ4n) is 6.71. The molecule has 194 valence electrons. The van der Waals surface area contributed by atoms with Crippen LogP contribution < -0.4 is 11.0 Å². The van der Waals surface area contributed by atoms with E-state index in [0.717, 1.165) is 60.3 Å². The third-order valence-electron chi connectivity index (χ3n) is 8.84. The highest BCUT2D eigenvalue weighted by Gasteiger charge is 2.20. The number of imidazole rings is 1. The first-order chi connectivity index (χ1) is 20.6. The van der Waals surface area contributed by atoms with Crippen molar-refractivity contribution in [3.8, 4) is 22.3 Å². The van der Waals surface area contributed by atoms with Gasteiger partial charge in [0.2, 0.25) is 0 Å². The first kappa shape index (κ1) is 23.3. The molecule has 0 atom stereocenters. The van der Waals surface area contributed by atoms with Crippen molar-refractivity contribution in [2.24, 2.45) is 0 Å². The van der Waals surface area contributed by atoms with Crippen LogP contribution in [0.25, 0.3) is 82.0 Å². The number of benzene rings is 7. The van der Waals surface area contributed by atoms with Crippen molar-refractivity contribution in [2.45, 2.75) is 0 Å². The van der Waals surface area contributed by atoms with E-state index in [-0.39, 0.29) is 5.56 Å². The molecular formula is C38H23BN2O. The predicted octanol–water partition coefficient (Wildman–Crippen LogP) is 7.49. The van der Waals surface area contributed by atoms with Crippen LogP contribution in [0.1, 0.15) is 0 Å². The molecule has 0 unspecified atom stereocenters. The van der Waals surface area contributed by atoms with E-state index in [1.807, 2.05) is 16.5 Å². The third-order valence-corrected chi connectivity index (χ3v) is 8.84. The van der Waals surface area contributed by atoms with Gasteiger partial charge in [-0.3, -0.25) is 9.20 Å². The monoisotopic (exact) mass is 534 g/mol. The van der Waals surface area contributed by atoms with Gasteiger partial charge in [0.05, 0.1) is 11.0 Å². The van der Waals surface area contributed by atoms with Gasteiger partial charge in [-0.25, -0.2) is 4.98 Å². The first-order valence-electron chi connectivity index (χ1n) is 14.3. The highest BCUT2D eigenvalue weighted by Crippen LogP contribution is 2.38. The molecule has 0 radical (unpaired) electrons. The number of pyridine rings is 1. The number of hydrogen-bond acceptors (Lipinski definition) is 2. The number of rotatable bonds is 2. The van der Waals surface area contributed by atoms with Crippen molar-refractivity contribution < 1.29 is 0 Å². The molecule has 42 heavy (non-hydrogen) atoms. The molecule has 0 aliphatic carbocycles. The van der Waals surface area contributed by atoms with E-state index >= 15 is 0 Å². The Kier molecular flexibility index (Phi) is 4.71. The molecule has 9 aromatic rings. The van der Waals surface area contributed by atoms with Crippen molar-refractivity contribution in [3.05, 3.63) is 138 Å². The van der Waals surface area contributed by atoms with E-state index in [2.05, 4.69) is 123 Å². The summed E-state index contributed by atoms with van der Waals surface area (Å²) in [5.74, 6) is 0. The van der Waals surface area contributed by atoms with Crippen LogP contribution in [-0.4, -0.2) is 17.2 Å². The van der Waals surface area contributed by atoms with Gasteiger partial charge in [0.25, 0.3) is 5.56 Å². The molecule has 0 spiro atoms. The second-order valence-electron chi connectivity index (χ2n) is 11.2.